The molecule has 0 fully saturated rings. The summed E-state index contributed by atoms with van der Waals surface area (Å²) in [7, 11) is 0. The van der Waals surface area contributed by atoms with Crippen LogP contribution in [0, 0.1) is 0 Å². The molecule has 0 bridgehead atoms. The van der Waals surface area contributed by atoms with Crippen molar-refractivity contribution in [3.63, 3.8) is 0 Å². The van der Waals surface area contributed by atoms with Gasteiger partial charge >= 0.3 is 0 Å². The predicted molar refractivity (Wildman–Crippen MR) is 88.4 cm³/mol. The zero-order chi connectivity index (χ0) is 15.2. The largest absolute Gasteiger partial charge is 0.489 e. The summed E-state index contributed by atoms with van der Waals surface area (Å²) < 4.78 is 5.88. The van der Waals surface area contributed by atoms with E-state index in [0.29, 0.717) is 6.61 Å². The molecule has 0 heterocycles. The van der Waals surface area contributed by atoms with Crippen LogP contribution >= 0.6 is 0 Å². The van der Waals surface area contributed by atoms with Gasteiger partial charge in [-0.25, -0.2) is 0 Å². The van der Waals surface area contributed by atoms with Gasteiger partial charge in [0.2, 0.25) is 0 Å². The van der Waals surface area contributed by atoms with Crippen molar-refractivity contribution in [1.82, 2.24) is 0 Å². The number of hydrogen-bond donors (Lipinski definition) is 1. The predicted octanol–water partition coefficient (Wildman–Crippen LogP) is 4.45. The van der Waals surface area contributed by atoms with Crippen LogP contribution in [0.15, 0.2) is 59.3 Å². The van der Waals surface area contributed by atoms with Gasteiger partial charge < -0.3 is 9.94 Å². The van der Waals surface area contributed by atoms with Gasteiger partial charge in [0.15, 0.2) is 0 Å². The first-order chi connectivity index (χ1) is 10.8. The highest BCUT2D eigenvalue weighted by Crippen LogP contribution is 2.26. The first-order valence-electron chi connectivity index (χ1n) is 7.53. The van der Waals surface area contributed by atoms with Gasteiger partial charge in [-0.05, 0) is 59.7 Å². The third-order valence-electron chi connectivity index (χ3n) is 3.84. The Morgan fingerprint density at radius 1 is 1.09 bits per heavy atom. The zero-order valence-electron chi connectivity index (χ0n) is 12.4. The highest BCUT2D eigenvalue weighted by Gasteiger charge is 2.09. The highest BCUT2D eigenvalue weighted by molar-refractivity contribution is 5.86. The van der Waals surface area contributed by atoms with Gasteiger partial charge in [0.25, 0.3) is 0 Å². The van der Waals surface area contributed by atoms with Crippen LogP contribution in [0.3, 0.4) is 0 Å². The van der Waals surface area contributed by atoms with E-state index in [0.717, 1.165) is 41.7 Å². The second kappa shape index (κ2) is 6.94. The number of ether oxygens (including phenoxy) is 1. The number of allylic oxidation sites excluding steroid dienone is 1. The van der Waals surface area contributed by atoms with Crippen LogP contribution in [0.2, 0.25) is 0 Å². The Morgan fingerprint density at radius 2 is 1.95 bits per heavy atom. The van der Waals surface area contributed by atoms with Gasteiger partial charge in [0.05, 0.1) is 6.21 Å². The van der Waals surface area contributed by atoms with Crippen LogP contribution in [0.25, 0.3) is 6.08 Å². The molecule has 3 rings (SSSR count). The number of aryl methyl sites for hydroxylation is 1. The van der Waals surface area contributed by atoms with Gasteiger partial charge in [-0.2, -0.15) is 0 Å². The van der Waals surface area contributed by atoms with E-state index >= 15 is 0 Å². The molecule has 22 heavy (non-hydrogen) atoms. The standard InChI is InChI=1S/C19H19NO2/c21-20-13-16-7-4-8-17-9-10-19(12-18(17)11-16)22-14-15-5-2-1-3-6-15/h1-3,5-6,9-13,21H,4,7-8,14H2/b20-13+. The fourth-order valence-electron chi connectivity index (χ4n) is 2.70. The van der Waals surface area contributed by atoms with Crippen molar-refractivity contribution in [1.29, 1.82) is 0 Å². The van der Waals surface area contributed by atoms with Crippen LogP contribution in [-0.2, 0) is 13.0 Å². The van der Waals surface area contributed by atoms with Gasteiger partial charge in [0, 0.05) is 0 Å². The Labute approximate surface area is 130 Å². The average Bonchev–Trinajstić information content (AvgIpc) is 2.75. The summed E-state index contributed by atoms with van der Waals surface area (Å²) in [6.07, 6.45) is 6.63. The monoisotopic (exact) mass is 293 g/mol. The summed E-state index contributed by atoms with van der Waals surface area (Å²) in [5, 5.41) is 11.9. The third-order valence-corrected chi connectivity index (χ3v) is 3.84. The molecule has 0 saturated carbocycles. The second-order valence-electron chi connectivity index (χ2n) is 5.45. The van der Waals surface area contributed by atoms with Crippen molar-refractivity contribution >= 4 is 12.3 Å². The fraction of sp³-hybridized carbons (Fsp3) is 0.211. The Balaban J connectivity index is 1.79. The van der Waals surface area contributed by atoms with Crippen molar-refractivity contribution in [2.75, 3.05) is 0 Å². The molecule has 0 unspecified atom stereocenters. The molecule has 0 amide bonds. The number of benzene rings is 2. The van der Waals surface area contributed by atoms with Crippen LogP contribution < -0.4 is 4.74 Å². The van der Waals surface area contributed by atoms with Gasteiger partial charge in [-0.15, -0.1) is 0 Å². The highest BCUT2D eigenvalue weighted by atomic mass is 16.5. The molecule has 2 aromatic rings. The molecule has 1 aliphatic carbocycles. The van der Waals surface area contributed by atoms with E-state index < -0.39 is 0 Å². The Kier molecular flexibility index (Phi) is 4.54. The molecule has 0 spiro atoms. The van der Waals surface area contributed by atoms with Crippen molar-refractivity contribution in [3.05, 3.63) is 70.8 Å². The third kappa shape index (κ3) is 3.55. The minimum absolute atomic E-state index is 0.564. The quantitative estimate of drug-likeness (QED) is 0.514. The van der Waals surface area contributed by atoms with Crippen LogP contribution in [0.4, 0.5) is 0 Å². The van der Waals surface area contributed by atoms with Crippen LogP contribution in [0.1, 0.15) is 29.5 Å². The lowest BCUT2D eigenvalue weighted by Gasteiger charge is -2.09. The number of fused-ring (bicyclic) bond motifs is 1. The van der Waals surface area contributed by atoms with E-state index in [1.165, 1.54) is 11.8 Å². The molecule has 0 aromatic heterocycles. The topological polar surface area (TPSA) is 41.8 Å². The lowest BCUT2D eigenvalue weighted by atomic mass is 10.0. The van der Waals surface area contributed by atoms with Crippen LogP contribution in [0.5, 0.6) is 5.75 Å². The van der Waals surface area contributed by atoms with E-state index in [1.54, 1.807) is 0 Å². The number of rotatable bonds is 4. The minimum atomic E-state index is 0.564. The second-order valence-corrected chi connectivity index (χ2v) is 5.45. The molecule has 0 aliphatic heterocycles. The smallest absolute Gasteiger partial charge is 0.120 e. The van der Waals surface area contributed by atoms with Crippen molar-refractivity contribution in [3.8, 4) is 5.75 Å². The fourth-order valence-corrected chi connectivity index (χ4v) is 2.70. The van der Waals surface area contributed by atoms with E-state index in [2.05, 4.69) is 35.5 Å². The van der Waals surface area contributed by atoms with Gasteiger partial charge in [-0.1, -0.05) is 41.6 Å². The molecule has 3 nitrogen and oxygen atoms in total. The molecular weight excluding hydrogens is 274 g/mol. The summed E-state index contributed by atoms with van der Waals surface area (Å²) in [4.78, 5) is 0. The van der Waals surface area contributed by atoms with Crippen molar-refractivity contribution in [2.45, 2.75) is 25.9 Å². The molecule has 2 aromatic carbocycles. The van der Waals surface area contributed by atoms with Crippen molar-refractivity contribution < 1.29 is 9.94 Å². The van der Waals surface area contributed by atoms with E-state index in [4.69, 9.17) is 9.94 Å². The summed E-state index contributed by atoms with van der Waals surface area (Å²) >= 11 is 0. The number of hydrogen-bond acceptors (Lipinski definition) is 3. The van der Waals surface area contributed by atoms with Crippen LogP contribution in [-0.4, -0.2) is 11.4 Å². The van der Waals surface area contributed by atoms with E-state index in [9.17, 15) is 0 Å². The van der Waals surface area contributed by atoms with E-state index in [-0.39, 0.29) is 0 Å². The first-order valence-corrected chi connectivity index (χ1v) is 7.53. The van der Waals surface area contributed by atoms with Crippen molar-refractivity contribution in [2.24, 2.45) is 5.16 Å². The summed E-state index contributed by atoms with van der Waals surface area (Å²) in [5.41, 5.74) is 4.66. The molecular formula is C19H19NO2. The zero-order valence-corrected chi connectivity index (χ0v) is 12.4. The maximum absolute atomic E-state index is 8.73. The Hall–Kier alpha value is -2.55. The molecule has 0 radical (unpaired) electrons. The summed E-state index contributed by atoms with van der Waals surface area (Å²) in [6, 6.07) is 16.4. The molecule has 1 aliphatic rings. The van der Waals surface area contributed by atoms with E-state index in [1.807, 2.05) is 24.3 Å². The lowest BCUT2D eigenvalue weighted by molar-refractivity contribution is 0.306. The normalized spacial score (nSPS) is 14.3. The molecule has 3 heteroatoms. The summed E-state index contributed by atoms with van der Waals surface area (Å²) in [6.45, 7) is 0.564. The summed E-state index contributed by atoms with van der Waals surface area (Å²) in [5.74, 6) is 0.862. The number of nitrogens with zero attached hydrogens (tertiary/aromatic N) is 1. The van der Waals surface area contributed by atoms with Gasteiger partial charge in [-0.3, -0.25) is 0 Å². The SMILES string of the molecule is O/N=C/C1=Cc2cc(OCc3ccccc3)ccc2CCC1. The average molecular weight is 293 g/mol. The molecule has 0 atom stereocenters. The minimum Gasteiger partial charge on any atom is -0.489 e. The lowest BCUT2D eigenvalue weighted by Crippen LogP contribution is -1.96. The maximum Gasteiger partial charge on any atom is 0.120 e. The molecule has 112 valence electrons. The number of oxime groups is 1. The van der Waals surface area contributed by atoms with Gasteiger partial charge in [0.1, 0.15) is 12.4 Å². The molecule has 0 saturated heterocycles. The maximum atomic E-state index is 8.73. The Morgan fingerprint density at radius 3 is 2.77 bits per heavy atom. The Bertz CT molecular complexity index is 690. The molecule has 1 N–H and O–H groups in total. The first kappa shape index (κ1) is 14.4.